The van der Waals surface area contributed by atoms with Gasteiger partial charge in [0.05, 0.1) is 24.3 Å². The fourth-order valence-electron chi connectivity index (χ4n) is 9.21. The van der Waals surface area contributed by atoms with E-state index in [1.54, 1.807) is 0 Å². The highest BCUT2D eigenvalue weighted by Gasteiger charge is 2.50. The van der Waals surface area contributed by atoms with Crippen molar-refractivity contribution in [3.63, 3.8) is 0 Å². The molecule has 4 aliphatic heterocycles. The Labute approximate surface area is 281 Å². The fraction of sp³-hybridized carbons (Fsp3) is 0.486. The van der Waals surface area contributed by atoms with E-state index in [4.69, 9.17) is 25.6 Å². The van der Waals surface area contributed by atoms with Gasteiger partial charge in [-0.15, -0.1) is 6.42 Å². The Morgan fingerprint density at radius 2 is 1.96 bits per heavy atom. The second-order valence-electron chi connectivity index (χ2n) is 14.4. The van der Waals surface area contributed by atoms with Gasteiger partial charge in [0, 0.05) is 36.6 Å². The van der Waals surface area contributed by atoms with Crippen molar-refractivity contribution in [1.29, 1.82) is 0 Å². The number of aromatic hydroxyl groups is 1. The molecule has 4 aromatic rings. The molecule has 2 aromatic heterocycles. The number of aromatic nitrogens is 3. The van der Waals surface area contributed by atoms with Crippen LogP contribution in [0, 0.1) is 29.4 Å². The summed E-state index contributed by atoms with van der Waals surface area (Å²) >= 11 is 0. The molecule has 1 saturated carbocycles. The summed E-state index contributed by atoms with van der Waals surface area (Å²) in [5.74, 6) is 1.35. The Balaban J connectivity index is 1.22. The van der Waals surface area contributed by atoms with E-state index < -0.39 is 23.3 Å². The van der Waals surface area contributed by atoms with Gasteiger partial charge < -0.3 is 24.2 Å². The molecule has 12 heteroatoms. The Kier molecular flexibility index (Phi) is 7.11. The molecule has 0 radical (unpaired) electrons. The second kappa shape index (κ2) is 11.4. The Morgan fingerprint density at radius 1 is 1.06 bits per heavy atom. The number of anilines is 1. The zero-order valence-electron chi connectivity index (χ0n) is 27.0. The van der Waals surface area contributed by atoms with Crippen molar-refractivity contribution in [3.05, 3.63) is 41.5 Å². The molecule has 1 N–H and O–H groups in total. The minimum absolute atomic E-state index is 0.0204. The van der Waals surface area contributed by atoms with Crippen molar-refractivity contribution in [2.75, 3.05) is 51.0 Å². The van der Waals surface area contributed by atoms with Gasteiger partial charge >= 0.3 is 6.01 Å². The van der Waals surface area contributed by atoms with Gasteiger partial charge in [-0.1, -0.05) is 12.0 Å². The highest BCUT2D eigenvalue weighted by atomic mass is 19.1. The topological polar surface area (TPSA) is 93.1 Å². The van der Waals surface area contributed by atoms with Crippen LogP contribution < -0.4 is 14.4 Å². The van der Waals surface area contributed by atoms with Crippen LogP contribution >= 0.6 is 0 Å². The molecule has 0 amide bonds. The largest absolute Gasteiger partial charge is 0.508 e. The van der Waals surface area contributed by atoms with Crippen LogP contribution in [0.4, 0.5) is 19.0 Å². The number of ether oxygens (including phenoxy) is 3. The maximum Gasteiger partial charge on any atom is 0.319 e. The molecule has 2 unspecified atom stereocenters. The quantitative estimate of drug-likeness (QED) is 0.260. The van der Waals surface area contributed by atoms with Crippen LogP contribution in [0.1, 0.15) is 50.5 Å². The molecular weight excluding hydrogens is 635 g/mol. The number of phenolic OH excluding ortho intramolecular Hbond substituents is 1. The van der Waals surface area contributed by atoms with Gasteiger partial charge in [-0.25, -0.2) is 18.2 Å². The molecule has 1 spiro atoms. The number of nitrogens with zero attached hydrogens (tertiary/aromatic N) is 5. The summed E-state index contributed by atoms with van der Waals surface area (Å²) in [5, 5.41) is 11.6. The molecule has 1 aliphatic carbocycles. The first-order chi connectivity index (χ1) is 23.8. The van der Waals surface area contributed by atoms with Crippen LogP contribution in [0.5, 0.6) is 17.6 Å². The number of fused-ring (bicyclic) bond motifs is 2. The maximum atomic E-state index is 17.2. The van der Waals surface area contributed by atoms with E-state index in [2.05, 4.69) is 25.7 Å². The number of pyridine rings is 1. The zero-order valence-corrected chi connectivity index (χ0v) is 27.0. The SMILES string of the molecule is C#Cc1c(F)ccc2cc(O)cc(-c3nc4c5c(nc(OC[C@@]67CCCN6C[C@H](F)C7)nc5c3F)N(C3CCC5(CCOC5)C3)CCO4)c12. The second-order valence-corrected chi connectivity index (χ2v) is 14.4. The van der Waals surface area contributed by atoms with Crippen molar-refractivity contribution in [2.45, 2.75) is 62.7 Å². The van der Waals surface area contributed by atoms with Crippen LogP contribution in [0.15, 0.2) is 24.3 Å². The monoisotopic (exact) mass is 671 g/mol. The summed E-state index contributed by atoms with van der Waals surface area (Å²) in [6.07, 6.45) is 10.8. The van der Waals surface area contributed by atoms with Crippen LogP contribution in [0.3, 0.4) is 0 Å². The summed E-state index contributed by atoms with van der Waals surface area (Å²) in [6, 6.07) is 5.53. The molecule has 4 atom stereocenters. The summed E-state index contributed by atoms with van der Waals surface area (Å²) in [6.45, 7) is 3.55. The average molecular weight is 672 g/mol. The Hall–Kier alpha value is -4.34. The first-order valence-electron chi connectivity index (χ1n) is 17.1. The summed E-state index contributed by atoms with van der Waals surface area (Å²) in [4.78, 5) is 18.5. The first kappa shape index (κ1) is 30.7. The lowest BCUT2D eigenvalue weighted by atomic mass is 9.85. The highest BCUT2D eigenvalue weighted by Crippen LogP contribution is 2.49. The minimum Gasteiger partial charge on any atom is -0.508 e. The first-order valence-corrected chi connectivity index (χ1v) is 17.1. The summed E-state index contributed by atoms with van der Waals surface area (Å²) < 4.78 is 65.1. The van der Waals surface area contributed by atoms with E-state index in [0.29, 0.717) is 36.1 Å². The van der Waals surface area contributed by atoms with E-state index in [1.165, 1.54) is 24.3 Å². The lowest BCUT2D eigenvalue weighted by molar-refractivity contribution is 0.107. The van der Waals surface area contributed by atoms with Crippen LogP contribution in [-0.4, -0.2) is 88.8 Å². The normalized spacial score (nSPS) is 27.9. The lowest BCUT2D eigenvalue weighted by Crippen LogP contribution is -2.43. The molecule has 0 bridgehead atoms. The van der Waals surface area contributed by atoms with Crippen LogP contribution in [-0.2, 0) is 4.74 Å². The molecule has 3 saturated heterocycles. The molecule has 9 rings (SSSR count). The Bertz CT molecular complexity index is 2050. The van der Waals surface area contributed by atoms with Gasteiger partial charge in [-0.2, -0.15) is 9.97 Å². The van der Waals surface area contributed by atoms with Gasteiger partial charge in [0.2, 0.25) is 5.88 Å². The number of benzene rings is 2. The third-order valence-electron chi connectivity index (χ3n) is 11.5. The van der Waals surface area contributed by atoms with Crippen molar-refractivity contribution in [1.82, 2.24) is 19.9 Å². The number of terminal acetylenes is 1. The van der Waals surface area contributed by atoms with Gasteiger partial charge in [0.25, 0.3) is 0 Å². The standard InChI is InChI=1S/C37H36F3N5O4/c1-2-25-27(39)5-4-21-14-24(46)15-26(28(21)25)31-30(40)32-29-33(43-35(42-32)49-20-37-7-3-10-44(37)18-22(38)16-37)45(11-13-48-34(29)41-31)23-6-8-36(17-23)9-12-47-19-36/h1,4-5,14-15,22-23,46H,3,6-13,16-20H2/t22-,23?,36?,37+/m1/s1. The van der Waals surface area contributed by atoms with E-state index >= 15 is 4.39 Å². The number of phenols is 1. The smallest absolute Gasteiger partial charge is 0.319 e. The van der Waals surface area contributed by atoms with Crippen molar-refractivity contribution >= 4 is 27.5 Å². The van der Waals surface area contributed by atoms with Gasteiger partial charge in [-0.3, -0.25) is 4.90 Å². The molecule has 5 aliphatic rings. The van der Waals surface area contributed by atoms with E-state index in [-0.39, 0.29) is 70.0 Å². The van der Waals surface area contributed by atoms with E-state index in [1.807, 2.05) is 0 Å². The minimum atomic E-state index is -0.934. The molecule has 254 valence electrons. The summed E-state index contributed by atoms with van der Waals surface area (Å²) in [7, 11) is 0. The molecular formula is C37H36F3N5O4. The molecule has 4 fully saturated rings. The van der Waals surface area contributed by atoms with E-state index in [0.717, 1.165) is 58.3 Å². The van der Waals surface area contributed by atoms with Crippen molar-refractivity contribution in [3.8, 4) is 41.2 Å². The van der Waals surface area contributed by atoms with Crippen LogP contribution in [0.25, 0.3) is 32.9 Å². The predicted molar refractivity (Wildman–Crippen MR) is 177 cm³/mol. The number of halogens is 3. The Morgan fingerprint density at radius 3 is 2.80 bits per heavy atom. The van der Waals surface area contributed by atoms with Crippen LogP contribution in [0.2, 0.25) is 0 Å². The van der Waals surface area contributed by atoms with Crippen molar-refractivity contribution in [2.24, 2.45) is 5.41 Å². The number of rotatable bonds is 5. The third-order valence-corrected chi connectivity index (χ3v) is 11.5. The molecule has 9 nitrogen and oxygen atoms in total. The third kappa shape index (κ3) is 4.88. The number of hydrogen-bond acceptors (Lipinski definition) is 9. The zero-order chi connectivity index (χ0) is 33.5. The lowest BCUT2D eigenvalue weighted by Gasteiger charge is -2.32. The van der Waals surface area contributed by atoms with Crippen molar-refractivity contribution < 1.29 is 32.5 Å². The number of hydrogen-bond donors (Lipinski definition) is 1. The fourth-order valence-corrected chi connectivity index (χ4v) is 9.21. The highest BCUT2D eigenvalue weighted by molar-refractivity contribution is 6.04. The van der Waals surface area contributed by atoms with Gasteiger partial charge in [0.1, 0.15) is 53.4 Å². The maximum absolute atomic E-state index is 17.2. The van der Waals surface area contributed by atoms with E-state index in [9.17, 15) is 13.9 Å². The summed E-state index contributed by atoms with van der Waals surface area (Å²) in [5.41, 5.74) is -0.601. The molecule has 6 heterocycles. The number of alkyl halides is 1. The van der Waals surface area contributed by atoms with Gasteiger partial charge in [0.15, 0.2) is 5.82 Å². The van der Waals surface area contributed by atoms with Gasteiger partial charge in [-0.05, 0) is 74.1 Å². The molecule has 49 heavy (non-hydrogen) atoms. The predicted octanol–water partition coefficient (Wildman–Crippen LogP) is 5.92. The average Bonchev–Trinajstić information content (AvgIpc) is 3.86. The molecule has 2 aromatic carbocycles.